The number of aromatic nitrogens is 1. The van der Waals surface area contributed by atoms with Gasteiger partial charge in [0.1, 0.15) is 11.5 Å². The molecule has 3 rings (SSSR count). The van der Waals surface area contributed by atoms with Crippen LogP contribution in [-0.2, 0) is 9.84 Å². The van der Waals surface area contributed by atoms with Crippen LogP contribution in [0.25, 0.3) is 21.7 Å². The van der Waals surface area contributed by atoms with Gasteiger partial charge in [-0.3, -0.25) is 0 Å². The van der Waals surface area contributed by atoms with E-state index in [2.05, 4.69) is 4.98 Å². The average molecular weight is 389 g/mol. The van der Waals surface area contributed by atoms with Crippen LogP contribution in [0.2, 0.25) is 0 Å². The predicted molar refractivity (Wildman–Crippen MR) is 104 cm³/mol. The zero-order valence-electron chi connectivity index (χ0n) is 14.7. The molecule has 0 atom stereocenters. The fraction of sp³-hybridized carbons (Fsp3) is 0.211. The second-order valence-corrected chi connectivity index (χ2v) is 8.97. The number of methoxy groups -OCH3 is 2. The highest BCUT2D eigenvalue weighted by atomic mass is 32.2. The maximum atomic E-state index is 12.3. The molecule has 0 N–H and O–H groups in total. The molecule has 0 aliphatic carbocycles. The zero-order chi connectivity index (χ0) is 18.7. The van der Waals surface area contributed by atoms with Crippen molar-refractivity contribution in [3.63, 3.8) is 0 Å². The second-order valence-electron chi connectivity index (χ2n) is 5.52. The summed E-state index contributed by atoms with van der Waals surface area (Å²) in [5.74, 6) is 1.49. The molecule has 0 spiro atoms. The van der Waals surface area contributed by atoms with Gasteiger partial charge in [0.15, 0.2) is 0 Å². The Bertz CT molecular complexity index is 926. The molecule has 0 amide bonds. The first kappa shape index (κ1) is 18.4. The van der Waals surface area contributed by atoms with Gasteiger partial charge in [0, 0.05) is 5.56 Å². The van der Waals surface area contributed by atoms with Crippen molar-refractivity contribution >= 4 is 21.2 Å². The van der Waals surface area contributed by atoms with Gasteiger partial charge in [0.25, 0.3) is 0 Å². The largest absolute Gasteiger partial charge is 0.497 e. The SMILES string of the molecule is CCS(=O)(=O)c1nc(-c2ccc(OC)cc2)c(-c2ccc(OC)cc2)s1. The summed E-state index contributed by atoms with van der Waals surface area (Å²) in [6, 6.07) is 14.9. The lowest BCUT2D eigenvalue weighted by Gasteiger charge is -2.05. The van der Waals surface area contributed by atoms with Crippen molar-refractivity contribution in [3.8, 4) is 33.2 Å². The molecule has 0 saturated heterocycles. The van der Waals surface area contributed by atoms with E-state index in [4.69, 9.17) is 9.47 Å². The molecule has 0 saturated carbocycles. The van der Waals surface area contributed by atoms with Crippen LogP contribution in [0.1, 0.15) is 6.92 Å². The first-order valence-corrected chi connectivity index (χ1v) is 10.5. The predicted octanol–water partition coefficient (Wildman–Crippen LogP) is 4.29. The van der Waals surface area contributed by atoms with Gasteiger partial charge in [-0.25, -0.2) is 13.4 Å². The average Bonchev–Trinajstić information content (AvgIpc) is 3.14. The molecular formula is C19H19NO4S2. The van der Waals surface area contributed by atoms with Crippen LogP contribution in [0.5, 0.6) is 11.5 Å². The van der Waals surface area contributed by atoms with E-state index in [0.717, 1.165) is 27.5 Å². The van der Waals surface area contributed by atoms with Crippen LogP contribution in [0.4, 0.5) is 0 Å². The number of thiazole rings is 1. The van der Waals surface area contributed by atoms with Gasteiger partial charge >= 0.3 is 0 Å². The van der Waals surface area contributed by atoms with Crippen molar-refractivity contribution in [2.75, 3.05) is 20.0 Å². The fourth-order valence-electron chi connectivity index (χ4n) is 2.44. The minimum Gasteiger partial charge on any atom is -0.497 e. The van der Waals surface area contributed by atoms with E-state index in [1.807, 2.05) is 48.5 Å². The molecule has 0 unspecified atom stereocenters. The lowest BCUT2D eigenvalue weighted by molar-refractivity contribution is 0.414. The van der Waals surface area contributed by atoms with E-state index in [1.165, 1.54) is 11.3 Å². The standard InChI is InChI=1S/C19H19NO4S2/c1-4-26(21,22)19-20-17(13-5-9-15(23-2)10-6-13)18(25-19)14-7-11-16(24-3)12-8-14/h5-12H,4H2,1-3H3. The van der Waals surface area contributed by atoms with Gasteiger partial charge in [0.2, 0.25) is 14.2 Å². The van der Waals surface area contributed by atoms with Gasteiger partial charge in [-0.15, -0.1) is 11.3 Å². The molecule has 0 bridgehead atoms. The van der Waals surface area contributed by atoms with Crippen molar-refractivity contribution in [1.29, 1.82) is 0 Å². The summed E-state index contributed by atoms with van der Waals surface area (Å²) in [7, 11) is -0.172. The first-order valence-electron chi connectivity index (χ1n) is 8.01. The van der Waals surface area contributed by atoms with Gasteiger partial charge in [-0.2, -0.15) is 0 Å². The van der Waals surface area contributed by atoms with Gasteiger partial charge in [-0.05, 0) is 54.1 Å². The van der Waals surface area contributed by atoms with Crippen LogP contribution in [0.15, 0.2) is 52.9 Å². The van der Waals surface area contributed by atoms with Crippen LogP contribution in [0, 0.1) is 0 Å². The maximum Gasteiger partial charge on any atom is 0.210 e. The Hall–Kier alpha value is -2.38. The quantitative estimate of drug-likeness (QED) is 0.629. The van der Waals surface area contributed by atoms with Gasteiger partial charge in [0.05, 0.1) is 30.5 Å². The fourth-order valence-corrected chi connectivity index (χ4v) is 4.85. The summed E-state index contributed by atoms with van der Waals surface area (Å²) < 4.78 is 35.2. The number of hydrogen-bond donors (Lipinski definition) is 0. The molecule has 3 aromatic rings. The van der Waals surface area contributed by atoms with Crippen molar-refractivity contribution in [2.24, 2.45) is 0 Å². The summed E-state index contributed by atoms with van der Waals surface area (Å²) in [6.07, 6.45) is 0. The summed E-state index contributed by atoms with van der Waals surface area (Å²) in [5.41, 5.74) is 2.38. The molecule has 0 fully saturated rings. The van der Waals surface area contributed by atoms with Crippen LogP contribution >= 0.6 is 11.3 Å². The highest BCUT2D eigenvalue weighted by Gasteiger charge is 2.22. The second kappa shape index (κ2) is 7.47. The highest BCUT2D eigenvalue weighted by Crippen LogP contribution is 2.39. The van der Waals surface area contributed by atoms with E-state index in [0.29, 0.717) is 5.69 Å². The maximum absolute atomic E-state index is 12.3. The lowest BCUT2D eigenvalue weighted by atomic mass is 10.1. The number of rotatable bonds is 6. The Labute approximate surface area is 157 Å². The molecule has 0 aliphatic heterocycles. The molecule has 2 aromatic carbocycles. The molecule has 0 radical (unpaired) electrons. The molecule has 5 nitrogen and oxygen atoms in total. The first-order chi connectivity index (χ1) is 12.5. The molecule has 1 aromatic heterocycles. The zero-order valence-corrected chi connectivity index (χ0v) is 16.4. The lowest BCUT2D eigenvalue weighted by Crippen LogP contribution is -2.02. The van der Waals surface area contributed by atoms with Crippen molar-refractivity contribution in [1.82, 2.24) is 4.98 Å². The summed E-state index contributed by atoms with van der Waals surface area (Å²) >= 11 is 1.19. The normalized spacial score (nSPS) is 11.3. The topological polar surface area (TPSA) is 65.5 Å². The summed E-state index contributed by atoms with van der Waals surface area (Å²) in [5, 5.41) is 0. The van der Waals surface area contributed by atoms with Crippen molar-refractivity contribution < 1.29 is 17.9 Å². The van der Waals surface area contributed by atoms with E-state index in [1.54, 1.807) is 21.1 Å². The third-order valence-electron chi connectivity index (χ3n) is 3.97. The van der Waals surface area contributed by atoms with Crippen LogP contribution in [0.3, 0.4) is 0 Å². The number of ether oxygens (including phenoxy) is 2. The Morgan fingerprint density at radius 1 is 0.885 bits per heavy atom. The molecule has 0 aliphatic rings. The summed E-state index contributed by atoms with van der Waals surface area (Å²) in [6.45, 7) is 1.62. The Morgan fingerprint density at radius 3 is 1.85 bits per heavy atom. The molecule has 136 valence electrons. The Morgan fingerprint density at radius 2 is 1.38 bits per heavy atom. The molecule has 26 heavy (non-hydrogen) atoms. The molecule has 7 heteroatoms. The van der Waals surface area contributed by atoms with Gasteiger partial charge in [-0.1, -0.05) is 6.92 Å². The number of hydrogen-bond acceptors (Lipinski definition) is 6. The van der Waals surface area contributed by atoms with Gasteiger partial charge < -0.3 is 9.47 Å². The third-order valence-corrected chi connectivity index (χ3v) is 7.26. The van der Waals surface area contributed by atoms with E-state index in [9.17, 15) is 8.42 Å². The van der Waals surface area contributed by atoms with Crippen molar-refractivity contribution in [3.05, 3.63) is 48.5 Å². The monoisotopic (exact) mass is 389 g/mol. The smallest absolute Gasteiger partial charge is 0.210 e. The number of sulfone groups is 1. The van der Waals surface area contributed by atoms with Crippen LogP contribution in [-0.4, -0.2) is 33.4 Å². The summed E-state index contributed by atoms with van der Waals surface area (Å²) in [4.78, 5) is 5.27. The minimum atomic E-state index is -3.38. The Balaban J connectivity index is 2.16. The van der Waals surface area contributed by atoms with E-state index >= 15 is 0 Å². The van der Waals surface area contributed by atoms with E-state index in [-0.39, 0.29) is 10.1 Å². The highest BCUT2D eigenvalue weighted by molar-refractivity contribution is 7.93. The Kier molecular flexibility index (Phi) is 5.29. The minimum absolute atomic E-state index is 0.0185. The van der Waals surface area contributed by atoms with Crippen molar-refractivity contribution in [2.45, 2.75) is 11.3 Å². The number of benzene rings is 2. The van der Waals surface area contributed by atoms with Crippen LogP contribution < -0.4 is 9.47 Å². The third kappa shape index (κ3) is 3.59. The molecular weight excluding hydrogens is 370 g/mol. The molecule has 1 heterocycles. The number of nitrogens with zero attached hydrogens (tertiary/aromatic N) is 1. The van der Waals surface area contributed by atoms with E-state index < -0.39 is 9.84 Å².